The predicted octanol–water partition coefficient (Wildman–Crippen LogP) is 0.890. The fourth-order valence-corrected chi connectivity index (χ4v) is 0.848. The largest absolute Gasteiger partial charge is 0.383 e. The van der Waals surface area contributed by atoms with Crippen LogP contribution < -0.4 is 0 Å². The van der Waals surface area contributed by atoms with Crippen molar-refractivity contribution in [3.63, 3.8) is 0 Å². The molecule has 1 atom stereocenters. The van der Waals surface area contributed by atoms with Crippen molar-refractivity contribution < 1.29 is 9.53 Å². The monoisotopic (exact) mass is 159 g/mol. The van der Waals surface area contributed by atoms with E-state index in [1.807, 2.05) is 13.8 Å². The highest BCUT2D eigenvalue weighted by molar-refractivity contribution is 5.75. The second-order valence-corrected chi connectivity index (χ2v) is 2.66. The number of amides is 1. The number of nitrogens with zero attached hydrogens (tertiary/aromatic N) is 1. The van der Waals surface area contributed by atoms with Crippen LogP contribution in [0.4, 0.5) is 0 Å². The SMILES string of the molecule is CCC(=O)N(C)C(C)COC. The molecule has 0 aromatic rings. The van der Waals surface area contributed by atoms with Crippen molar-refractivity contribution >= 4 is 5.91 Å². The number of rotatable bonds is 4. The number of likely N-dealkylation sites (N-methyl/N-ethyl adjacent to an activating group) is 1. The zero-order chi connectivity index (χ0) is 8.85. The van der Waals surface area contributed by atoms with Gasteiger partial charge in [-0.15, -0.1) is 0 Å². The van der Waals surface area contributed by atoms with Crippen LogP contribution in [0.25, 0.3) is 0 Å². The van der Waals surface area contributed by atoms with Crippen molar-refractivity contribution in [1.82, 2.24) is 4.90 Å². The first kappa shape index (κ1) is 10.4. The summed E-state index contributed by atoms with van der Waals surface area (Å²) in [6, 6.07) is 0.174. The summed E-state index contributed by atoms with van der Waals surface area (Å²) in [6.45, 7) is 4.43. The molecule has 0 saturated carbocycles. The Kier molecular flexibility index (Phi) is 4.86. The third-order valence-electron chi connectivity index (χ3n) is 1.76. The van der Waals surface area contributed by atoms with E-state index in [4.69, 9.17) is 4.74 Å². The Labute approximate surface area is 68.3 Å². The Morgan fingerprint density at radius 3 is 2.55 bits per heavy atom. The summed E-state index contributed by atoms with van der Waals surface area (Å²) >= 11 is 0. The number of carbonyl (C=O) groups excluding carboxylic acids is 1. The maximum absolute atomic E-state index is 11.1. The lowest BCUT2D eigenvalue weighted by atomic mass is 10.3. The molecule has 0 aromatic heterocycles. The van der Waals surface area contributed by atoms with Gasteiger partial charge in [-0.05, 0) is 6.92 Å². The number of ether oxygens (including phenoxy) is 1. The average molecular weight is 159 g/mol. The minimum atomic E-state index is 0.162. The van der Waals surface area contributed by atoms with E-state index in [1.54, 1.807) is 19.1 Å². The molecule has 0 spiro atoms. The molecule has 66 valence electrons. The lowest BCUT2D eigenvalue weighted by Crippen LogP contribution is -2.37. The van der Waals surface area contributed by atoms with E-state index in [9.17, 15) is 4.79 Å². The summed E-state index contributed by atoms with van der Waals surface area (Å²) in [6.07, 6.45) is 0.560. The summed E-state index contributed by atoms with van der Waals surface area (Å²) in [5.41, 5.74) is 0. The lowest BCUT2D eigenvalue weighted by molar-refractivity contribution is -0.132. The minimum Gasteiger partial charge on any atom is -0.383 e. The maximum Gasteiger partial charge on any atom is 0.222 e. The van der Waals surface area contributed by atoms with Crippen LogP contribution in [0.5, 0.6) is 0 Å². The maximum atomic E-state index is 11.1. The van der Waals surface area contributed by atoms with Gasteiger partial charge in [0.05, 0.1) is 12.6 Å². The van der Waals surface area contributed by atoms with Crippen LogP contribution in [0.15, 0.2) is 0 Å². The van der Waals surface area contributed by atoms with Gasteiger partial charge in [0.25, 0.3) is 0 Å². The van der Waals surface area contributed by atoms with Gasteiger partial charge < -0.3 is 9.64 Å². The molecular weight excluding hydrogens is 142 g/mol. The molecule has 0 rings (SSSR count). The Balaban J connectivity index is 3.80. The van der Waals surface area contributed by atoms with Crippen LogP contribution in [-0.2, 0) is 9.53 Å². The molecule has 0 aliphatic rings. The third-order valence-corrected chi connectivity index (χ3v) is 1.76. The standard InChI is InChI=1S/C8H17NO2/c1-5-8(10)9(3)7(2)6-11-4/h7H,5-6H2,1-4H3. The Morgan fingerprint density at radius 2 is 2.18 bits per heavy atom. The highest BCUT2D eigenvalue weighted by Gasteiger charge is 2.12. The summed E-state index contributed by atoms with van der Waals surface area (Å²) < 4.78 is 4.93. The average Bonchev–Trinajstić information content (AvgIpc) is 2.02. The first-order valence-corrected chi connectivity index (χ1v) is 3.88. The van der Waals surface area contributed by atoms with Crippen molar-refractivity contribution in [2.75, 3.05) is 20.8 Å². The van der Waals surface area contributed by atoms with Crippen LogP contribution in [0.1, 0.15) is 20.3 Å². The van der Waals surface area contributed by atoms with Crippen molar-refractivity contribution in [1.29, 1.82) is 0 Å². The van der Waals surface area contributed by atoms with Gasteiger partial charge in [-0.3, -0.25) is 4.79 Å². The predicted molar refractivity (Wildman–Crippen MR) is 44.4 cm³/mol. The summed E-state index contributed by atoms with van der Waals surface area (Å²) in [4.78, 5) is 12.8. The quantitative estimate of drug-likeness (QED) is 0.609. The van der Waals surface area contributed by atoms with Gasteiger partial charge in [0.1, 0.15) is 0 Å². The molecule has 0 aromatic carbocycles. The van der Waals surface area contributed by atoms with E-state index in [2.05, 4.69) is 0 Å². The smallest absolute Gasteiger partial charge is 0.222 e. The molecule has 0 radical (unpaired) electrons. The van der Waals surface area contributed by atoms with Gasteiger partial charge in [-0.1, -0.05) is 6.92 Å². The molecule has 0 fully saturated rings. The molecule has 0 aliphatic carbocycles. The molecule has 1 unspecified atom stereocenters. The summed E-state index contributed by atoms with van der Waals surface area (Å²) in [5.74, 6) is 0.162. The minimum absolute atomic E-state index is 0.162. The highest BCUT2D eigenvalue weighted by atomic mass is 16.5. The molecule has 0 bridgehead atoms. The van der Waals surface area contributed by atoms with E-state index < -0.39 is 0 Å². The molecule has 0 saturated heterocycles. The van der Waals surface area contributed by atoms with Gasteiger partial charge in [0.15, 0.2) is 0 Å². The molecule has 3 heteroatoms. The first-order valence-electron chi connectivity index (χ1n) is 3.88. The van der Waals surface area contributed by atoms with E-state index >= 15 is 0 Å². The number of hydrogen-bond acceptors (Lipinski definition) is 2. The number of carbonyl (C=O) groups is 1. The highest BCUT2D eigenvalue weighted by Crippen LogP contribution is 1.98. The fourth-order valence-electron chi connectivity index (χ4n) is 0.848. The van der Waals surface area contributed by atoms with Gasteiger partial charge in [-0.2, -0.15) is 0 Å². The zero-order valence-corrected chi connectivity index (χ0v) is 7.76. The number of hydrogen-bond donors (Lipinski definition) is 0. The Morgan fingerprint density at radius 1 is 1.64 bits per heavy atom. The van der Waals surface area contributed by atoms with Crippen molar-refractivity contribution in [2.45, 2.75) is 26.3 Å². The van der Waals surface area contributed by atoms with Crippen LogP contribution in [0.2, 0.25) is 0 Å². The number of methoxy groups -OCH3 is 1. The van der Waals surface area contributed by atoms with Gasteiger partial charge in [0.2, 0.25) is 5.91 Å². The molecule has 0 N–H and O–H groups in total. The van der Waals surface area contributed by atoms with Crippen molar-refractivity contribution in [3.8, 4) is 0 Å². The summed E-state index contributed by atoms with van der Waals surface area (Å²) in [7, 11) is 3.44. The van der Waals surface area contributed by atoms with E-state index in [0.717, 1.165) is 0 Å². The topological polar surface area (TPSA) is 29.5 Å². The van der Waals surface area contributed by atoms with Gasteiger partial charge in [-0.25, -0.2) is 0 Å². The molecule has 0 aliphatic heterocycles. The van der Waals surface area contributed by atoms with E-state index in [1.165, 1.54) is 0 Å². The van der Waals surface area contributed by atoms with Gasteiger partial charge in [0, 0.05) is 20.6 Å². The normalized spacial score (nSPS) is 12.7. The molecule has 11 heavy (non-hydrogen) atoms. The summed E-state index contributed by atoms with van der Waals surface area (Å²) in [5, 5.41) is 0. The molecule has 1 amide bonds. The Bertz CT molecular complexity index is 125. The lowest BCUT2D eigenvalue weighted by Gasteiger charge is -2.23. The van der Waals surface area contributed by atoms with Crippen LogP contribution in [0.3, 0.4) is 0 Å². The molecule has 0 heterocycles. The van der Waals surface area contributed by atoms with E-state index in [0.29, 0.717) is 13.0 Å². The van der Waals surface area contributed by atoms with Crippen LogP contribution in [0, 0.1) is 0 Å². The first-order chi connectivity index (χ1) is 5.13. The second-order valence-electron chi connectivity index (χ2n) is 2.66. The third kappa shape index (κ3) is 3.37. The van der Waals surface area contributed by atoms with E-state index in [-0.39, 0.29) is 11.9 Å². The van der Waals surface area contributed by atoms with Crippen molar-refractivity contribution in [3.05, 3.63) is 0 Å². The van der Waals surface area contributed by atoms with Crippen molar-refractivity contribution in [2.24, 2.45) is 0 Å². The fraction of sp³-hybridized carbons (Fsp3) is 0.875. The van der Waals surface area contributed by atoms with Gasteiger partial charge >= 0.3 is 0 Å². The van der Waals surface area contributed by atoms with Crippen LogP contribution >= 0.6 is 0 Å². The van der Waals surface area contributed by atoms with Crippen LogP contribution in [-0.4, -0.2) is 37.6 Å². The zero-order valence-electron chi connectivity index (χ0n) is 7.76. The Hall–Kier alpha value is -0.570. The second kappa shape index (κ2) is 5.13. The molecule has 3 nitrogen and oxygen atoms in total. The molecular formula is C8H17NO2.